The van der Waals surface area contributed by atoms with Gasteiger partial charge in [0.15, 0.2) is 0 Å². The van der Waals surface area contributed by atoms with Crippen LogP contribution in [0.3, 0.4) is 0 Å². The molecule has 3 rings (SSSR count). The van der Waals surface area contributed by atoms with Crippen LogP contribution in [-0.2, 0) is 9.53 Å². The van der Waals surface area contributed by atoms with Crippen molar-refractivity contribution in [3.8, 4) is 0 Å². The van der Waals surface area contributed by atoms with E-state index < -0.39 is 0 Å². The van der Waals surface area contributed by atoms with Gasteiger partial charge in [-0.15, -0.1) is 0 Å². The fourth-order valence-electron chi connectivity index (χ4n) is 3.75. The van der Waals surface area contributed by atoms with Crippen LogP contribution >= 0.6 is 0 Å². The molecule has 0 saturated carbocycles. The van der Waals surface area contributed by atoms with Crippen LogP contribution in [-0.4, -0.2) is 61.1 Å². The van der Waals surface area contributed by atoms with E-state index in [4.69, 9.17) is 4.74 Å². The molecule has 0 aliphatic carbocycles. The second-order valence-corrected chi connectivity index (χ2v) is 7.33. The number of nitrogens with zero attached hydrogens (tertiary/aromatic N) is 2. The van der Waals surface area contributed by atoms with Gasteiger partial charge in [-0.1, -0.05) is 19.1 Å². The number of benzene rings is 1. The number of halogens is 1. The number of hydrogen-bond acceptors (Lipinski definition) is 3. The smallest absolute Gasteiger partial charge is 0.223 e. The molecular weight excluding hydrogens is 319 g/mol. The fraction of sp³-hybridized carbons (Fsp3) is 0.650. The normalized spacial score (nSPS) is 22.5. The van der Waals surface area contributed by atoms with E-state index in [1.165, 1.54) is 38.1 Å². The Bertz CT molecular complexity index is 557. The molecule has 2 heterocycles. The number of likely N-dealkylation sites (tertiary alicyclic amines) is 2. The van der Waals surface area contributed by atoms with Crippen LogP contribution in [0.15, 0.2) is 24.3 Å². The van der Waals surface area contributed by atoms with Gasteiger partial charge in [-0.3, -0.25) is 4.79 Å². The van der Waals surface area contributed by atoms with Crippen molar-refractivity contribution in [1.82, 2.24) is 9.80 Å². The Kier molecular flexibility index (Phi) is 6.43. The first-order valence-corrected chi connectivity index (χ1v) is 9.49. The quantitative estimate of drug-likeness (QED) is 0.759. The molecular formula is C20H29FN2O2. The van der Waals surface area contributed by atoms with Crippen LogP contribution in [0.4, 0.5) is 4.39 Å². The van der Waals surface area contributed by atoms with Crippen LogP contribution in [0.2, 0.25) is 0 Å². The number of amides is 1. The molecule has 4 nitrogen and oxygen atoms in total. The molecule has 0 unspecified atom stereocenters. The van der Waals surface area contributed by atoms with Crippen molar-refractivity contribution in [3.63, 3.8) is 0 Å². The third kappa shape index (κ3) is 5.25. The average molecular weight is 348 g/mol. The SMILES string of the molecule is C[C@H](CC(=O)N1CC[C@H](OCCN2CCCC2)C1)c1ccc(F)cc1. The van der Waals surface area contributed by atoms with Crippen LogP contribution in [0.1, 0.15) is 44.1 Å². The number of carbonyl (C=O) groups excluding carboxylic acids is 1. The zero-order valence-electron chi connectivity index (χ0n) is 15.1. The second kappa shape index (κ2) is 8.77. The average Bonchev–Trinajstić information content (AvgIpc) is 3.27. The van der Waals surface area contributed by atoms with Gasteiger partial charge in [0.2, 0.25) is 5.91 Å². The highest BCUT2D eigenvalue weighted by molar-refractivity contribution is 5.77. The molecule has 2 saturated heterocycles. The number of carbonyl (C=O) groups is 1. The summed E-state index contributed by atoms with van der Waals surface area (Å²) in [4.78, 5) is 16.9. The monoisotopic (exact) mass is 348 g/mol. The zero-order valence-corrected chi connectivity index (χ0v) is 15.1. The summed E-state index contributed by atoms with van der Waals surface area (Å²) in [6.45, 7) is 7.66. The molecule has 2 atom stereocenters. The first-order chi connectivity index (χ1) is 12.1. The van der Waals surface area contributed by atoms with Crippen molar-refractivity contribution in [2.24, 2.45) is 0 Å². The summed E-state index contributed by atoms with van der Waals surface area (Å²) in [5.41, 5.74) is 1.01. The van der Waals surface area contributed by atoms with Gasteiger partial charge in [0, 0.05) is 26.1 Å². The second-order valence-electron chi connectivity index (χ2n) is 7.33. The van der Waals surface area contributed by atoms with E-state index in [9.17, 15) is 9.18 Å². The Morgan fingerprint density at radius 2 is 1.96 bits per heavy atom. The summed E-state index contributed by atoms with van der Waals surface area (Å²) in [6, 6.07) is 6.44. The van der Waals surface area contributed by atoms with Gasteiger partial charge < -0.3 is 14.5 Å². The minimum Gasteiger partial charge on any atom is -0.375 e. The lowest BCUT2D eigenvalue weighted by molar-refractivity contribution is -0.131. The highest BCUT2D eigenvalue weighted by atomic mass is 19.1. The zero-order chi connectivity index (χ0) is 17.6. The lowest BCUT2D eigenvalue weighted by Gasteiger charge is -2.20. The summed E-state index contributed by atoms with van der Waals surface area (Å²) < 4.78 is 19.0. The number of rotatable bonds is 7. The fourth-order valence-corrected chi connectivity index (χ4v) is 3.75. The van der Waals surface area contributed by atoms with E-state index in [2.05, 4.69) is 4.90 Å². The van der Waals surface area contributed by atoms with E-state index >= 15 is 0 Å². The summed E-state index contributed by atoms with van der Waals surface area (Å²) >= 11 is 0. The number of ether oxygens (including phenoxy) is 1. The van der Waals surface area contributed by atoms with Crippen molar-refractivity contribution in [2.45, 2.75) is 44.6 Å². The van der Waals surface area contributed by atoms with Gasteiger partial charge in [-0.05, 0) is 56.0 Å². The molecule has 2 fully saturated rings. The maximum Gasteiger partial charge on any atom is 0.223 e. The van der Waals surface area contributed by atoms with Crippen LogP contribution in [0, 0.1) is 5.82 Å². The van der Waals surface area contributed by atoms with E-state index in [1.54, 1.807) is 12.1 Å². The first-order valence-electron chi connectivity index (χ1n) is 9.49. The Hall–Kier alpha value is -1.46. The highest BCUT2D eigenvalue weighted by Gasteiger charge is 2.27. The topological polar surface area (TPSA) is 32.8 Å². The van der Waals surface area contributed by atoms with E-state index in [0.29, 0.717) is 13.0 Å². The molecule has 1 amide bonds. The van der Waals surface area contributed by atoms with Crippen molar-refractivity contribution in [2.75, 3.05) is 39.3 Å². The summed E-state index contributed by atoms with van der Waals surface area (Å²) in [5, 5.41) is 0. The predicted octanol–water partition coefficient (Wildman–Crippen LogP) is 3.03. The van der Waals surface area contributed by atoms with Crippen molar-refractivity contribution < 1.29 is 13.9 Å². The molecule has 0 spiro atoms. The first kappa shape index (κ1) is 18.3. The third-order valence-electron chi connectivity index (χ3n) is 5.38. The lowest BCUT2D eigenvalue weighted by Crippen LogP contribution is -2.32. The van der Waals surface area contributed by atoms with E-state index in [1.807, 2.05) is 11.8 Å². The molecule has 0 aromatic heterocycles. The van der Waals surface area contributed by atoms with Crippen molar-refractivity contribution in [3.05, 3.63) is 35.6 Å². The van der Waals surface area contributed by atoms with Gasteiger partial charge >= 0.3 is 0 Å². The minimum absolute atomic E-state index is 0.100. The van der Waals surface area contributed by atoms with Crippen molar-refractivity contribution >= 4 is 5.91 Å². The predicted molar refractivity (Wildman–Crippen MR) is 96.0 cm³/mol. The molecule has 5 heteroatoms. The summed E-state index contributed by atoms with van der Waals surface area (Å²) in [7, 11) is 0. The molecule has 0 N–H and O–H groups in total. The molecule has 0 bridgehead atoms. The van der Waals surface area contributed by atoms with E-state index in [0.717, 1.165) is 31.7 Å². The third-order valence-corrected chi connectivity index (χ3v) is 5.38. The minimum atomic E-state index is -0.240. The Labute approximate surface area is 149 Å². The maximum atomic E-state index is 13.0. The van der Waals surface area contributed by atoms with Crippen molar-refractivity contribution in [1.29, 1.82) is 0 Å². The molecule has 138 valence electrons. The Morgan fingerprint density at radius 3 is 2.68 bits per heavy atom. The van der Waals surface area contributed by atoms with Gasteiger partial charge in [0.1, 0.15) is 5.82 Å². The van der Waals surface area contributed by atoms with Gasteiger partial charge in [0.05, 0.1) is 12.7 Å². The van der Waals surface area contributed by atoms with Gasteiger partial charge in [-0.25, -0.2) is 4.39 Å². The molecule has 2 aliphatic rings. The largest absolute Gasteiger partial charge is 0.375 e. The summed E-state index contributed by atoms with van der Waals surface area (Å²) in [5.74, 6) is 0.0291. The molecule has 2 aliphatic heterocycles. The molecule has 1 aromatic carbocycles. The standard InChI is InChI=1S/C20H29FN2O2/c1-16(17-4-6-18(21)7-5-17)14-20(24)23-11-8-19(15-23)25-13-12-22-9-2-3-10-22/h4-7,16,19H,2-3,8-15H2,1H3/t16-,19+/m1/s1. The van der Waals surface area contributed by atoms with Crippen LogP contribution < -0.4 is 0 Å². The molecule has 1 aromatic rings. The van der Waals surface area contributed by atoms with E-state index in [-0.39, 0.29) is 23.7 Å². The van der Waals surface area contributed by atoms with Crippen LogP contribution in [0.25, 0.3) is 0 Å². The molecule has 25 heavy (non-hydrogen) atoms. The Morgan fingerprint density at radius 1 is 1.24 bits per heavy atom. The lowest BCUT2D eigenvalue weighted by atomic mass is 9.97. The Balaban J connectivity index is 1.38. The number of hydrogen-bond donors (Lipinski definition) is 0. The highest BCUT2D eigenvalue weighted by Crippen LogP contribution is 2.22. The van der Waals surface area contributed by atoms with Gasteiger partial charge in [-0.2, -0.15) is 0 Å². The maximum absolute atomic E-state index is 13.0. The summed E-state index contributed by atoms with van der Waals surface area (Å²) in [6.07, 6.45) is 4.17. The van der Waals surface area contributed by atoms with Gasteiger partial charge in [0.25, 0.3) is 0 Å². The van der Waals surface area contributed by atoms with Crippen LogP contribution in [0.5, 0.6) is 0 Å². The molecule has 0 radical (unpaired) electrons.